The number of rotatable bonds is 8. The zero-order valence-electron chi connectivity index (χ0n) is 16.4. The molecular formula is C21H19F3N2O4S. The molecule has 0 N–H and O–H groups in total. The van der Waals surface area contributed by atoms with Crippen LogP contribution >= 0.6 is 0 Å². The normalized spacial score (nSPS) is 11.7. The smallest absolute Gasteiger partial charge is 0.404 e. The number of anilines is 1. The molecule has 2 aromatic carbocycles. The van der Waals surface area contributed by atoms with E-state index in [1.165, 1.54) is 37.7 Å². The van der Waals surface area contributed by atoms with E-state index in [0.29, 0.717) is 21.4 Å². The summed E-state index contributed by atoms with van der Waals surface area (Å²) in [5.74, 6) is -0.929. The van der Waals surface area contributed by atoms with Crippen molar-refractivity contribution in [1.29, 1.82) is 0 Å². The summed E-state index contributed by atoms with van der Waals surface area (Å²) in [5, 5.41) is 0. The number of para-hydroxylation sites is 2. The first-order chi connectivity index (χ1) is 14.7. The first kappa shape index (κ1) is 22.4. The molecule has 3 rings (SSSR count). The standard InChI is InChI=1S/C21H19F3N2O4S/c1-29-19-9-2-3-10-20(19)30-18-8-4-7-17(12-18)26(14-16-6-5-11-25-13-16)31(27,28)15-21(22,23)24/h2-13H,14-15H2,1H3. The molecule has 0 unspecified atom stereocenters. The number of aromatic nitrogens is 1. The number of pyridine rings is 1. The summed E-state index contributed by atoms with van der Waals surface area (Å²) in [4.78, 5) is 3.90. The van der Waals surface area contributed by atoms with Crippen molar-refractivity contribution >= 4 is 15.7 Å². The second-order valence-corrected chi connectivity index (χ2v) is 8.38. The Balaban J connectivity index is 1.98. The lowest BCUT2D eigenvalue weighted by atomic mass is 10.2. The van der Waals surface area contributed by atoms with Crippen LogP contribution < -0.4 is 13.8 Å². The van der Waals surface area contributed by atoms with Crippen LogP contribution in [0.5, 0.6) is 17.2 Å². The Bertz CT molecular complexity index is 1120. The molecule has 31 heavy (non-hydrogen) atoms. The maximum atomic E-state index is 13.0. The van der Waals surface area contributed by atoms with E-state index in [4.69, 9.17) is 9.47 Å². The topological polar surface area (TPSA) is 68.7 Å². The minimum absolute atomic E-state index is 0.0282. The monoisotopic (exact) mass is 452 g/mol. The van der Waals surface area contributed by atoms with Crippen LogP contribution in [-0.2, 0) is 16.6 Å². The van der Waals surface area contributed by atoms with Crippen molar-refractivity contribution in [2.24, 2.45) is 0 Å². The van der Waals surface area contributed by atoms with Crippen LogP contribution in [0, 0.1) is 0 Å². The largest absolute Gasteiger partial charge is 0.493 e. The fourth-order valence-corrected chi connectivity index (χ4v) is 4.17. The maximum absolute atomic E-state index is 13.0. The van der Waals surface area contributed by atoms with Crippen molar-refractivity contribution in [1.82, 2.24) is 4.98 Å². The van der Waals surface area contributed by atoms with E-state index in [1.807, 2.05) is 0 Å². The zero-order valence-corrected chi connectivity index (χ0v) is 17.2. The molecule has 1 aromatic heterocycles. The van der Waals surface area contributed by atoms with Gasteiger partial charge in [-0.25, -0.2) is 8.42 Å². The molecule has 0 fully saturated rings. The van der Waals surface area contributed by atoms with Gasteiger partial charge in [-0.1, -0.05) is 24.3 Å². The third-order valence-electron chi connectivity index (χ3n) is 4.13. The Labute approximate surface area is 177 Å². The molecule has 0 spiro atoms. The number of nitrogens with zero attached hydrogens (tertiary/aromatic N) is 2. The van der Waals surface area contributed by atoms with E-state index in [2.05, 4.69) is 4.98 Å². The fraction of sp³-hybridized carbons (Fsp3) is 0.190. The quantitative estimate of drug-likeness (QED) is 0.492. The number of sulfonamides is 1. The second kappa shape index (κ2) is 9.25. The van der Waals surface area contributed by atoms with Crippen molar-refractivity contribution in [2.75, 3.05) is 17.2 Å². The first-order valence-corrected chi connectivity index (χ1v) is 10.7. The Morgan fingerprint density at radius 1 is 1.00 bits per heavy atom. The van der Waals surface area contributed by atoms with Crippen molar-refractivity contribution in [3.05, 3.63) is 78.6 Å². The molecule has 10 heteroatoms. The molecule has 0 aliphatic carbocycles. The van der Waals surface area contributed by atoms with Crippen LogP contribution in [0.3, 0.4) is 0 Å². The van der Waals surface area contributed by atoms with Gasteiger partial charge in [0.1, 0.15) is 5.75 Å². The molecule has 0 aliphatic heterocycles. The molecular weight excluding hydrogens is 433 g/mol. The van der Waals surface area contributed by atoms with Gasteiger partial charge in [-0.3, -0.25) is 9.29 Å². The number of hydrogen-bond donors (Lipinski definition) is 0. The predicted molar refractivity (Wildman–Crippen MR) is 110 cm³/mol. The molecule has 0 saturated carbocycles. The van der Waals surface area contributed by atoms with E-state index in [9.17, 15) is 21.6 Å². The van der Waals surface area contributed by atoms with Crippen LogP contribution in [-0.4, -0.2) is 32.4 Å². The number of alkyl halides is 3. The molecule has 164 valence electrons. The lowest BCUT2D eigenvalue weighted by Gasteiger charge is -2.25. The molecule has 3 aromatic rings. The van der Waals surface area contributed by atoms with E-state index < -0.39 is 22.0 Å². The molecule has 6 nitrogen and oxygen atoms in total. The summed E-state index contributed by atoms with van der Waals surface area (Å²) in [5.41, 5.74) is 0.463. The van der Waals surface area contributed by atoms with Crippen LogP contribution in [0.1, 0.15) is 5.56 Å². The highest BCUT2D eigenvalue weighted by Crippen LogP contribution is 2.34. The second-order valence-electron chi connectivity index (χ2n) is 6.49. The Hall–Kier alpha value is -3.27. The molecule has 1 heterocycles. The Morgan fingerprint density at radius 2 is 1.74 bits per heavy atom. The molecule has 0 amide bonds. The van der Waals surface area contributed by atoms with Crippen molar-refractivity contribution in [3.8, 4) is 17.2 Å². The molecule has 0 aliphatic rings. The lowest BCUT2D eigenvalue weighted by molar-refractivity contribution is -0.106. The third-order valence-corrected chi connectivity index (χ3v) is 5.84. The van der Waals surface area contributed by atoms with E-state index in [0.717, 1.165) is 0 Å². The van der Waals surface area contributed by atoms with Crippen LogP contribution in [0.15, 0.2) is 73.1 Å². The summed E-state index contributed by atoms with van der Waals surface area (Å²) in [7, 11) is -3.26. The summed E-state index contributed by atoms with van der Waals surface area (Å²) in [6.07, 6.45) is -2.01. The van der Waals surface area contributed by atoms with Gasteiger partial charge in [-0.05, 0) is 35.9 Å². The van der Waals surface area contributed by atoms with E-state index in [1.54, 1.807) is 42.5 Å². The maximum Gasteiger partial charge on any atom is 0.404 e. The number of halogens is 3. The zero-order chi connectivity index (χ0) is 22.5. The van der Waals surface area contributed by atoms with Crippen molar-refractivity contribution < 1.29 is 31.1 Å². The van der Waals surface area contributed by atoms with Gasteiger partial charge >= 0.3 is 6.18 Å². The summed E-state index contributed by atoms with van der Waals surface area (Å²) in [6.45, 7) is -0.315. The molecule has 0 radical (unpaired) electrons. The number of ether oxygens (including phenoxy) is 2. The minimum atomic E-state index is -4.89. The highest BCUT2D eigenvalue weighted by Gasteiger charge is 2.38. The van der Waals surface area contributed by atoms with Gasteiger partial charge in [-0.15, -0.1) is 0 Å². The van der Waals surface area contributed by atoms with Crippen LogP contribution in [0.2, 0.25) is 0 Å². The number of hydrogen-bond acceptors (Lipinski definition) is 5. The third kappa shape index (κ3) is 6.11. The van der Waals surface area contributed by atoms with Crippen molar-refractivity contribution in [2.45, 2.75) is 12.7 Å². The Morgan fingerprint density at radius 3 is 2.39 bits per heavy atom. The predicted octanol–water partition coefficient (Wildman–Crippen LogP) is 4.78. The van der Waals surface area contributed by atoms with Gasteiger partial charge in [0.2, 0.25) is 10.0 Å². The van der Waals surface area contributed by atoms with Gasteiger partial charge in [0.15, 0.2) is 17.3 Å². The number of benzene rings is 2. The fourth-order valence-electron chi connectivity index (χ4n) is 2.82. The SMILES string of the molecule is COc1ccccc1Oc1cccc(N(Cc2cccnc2)S(=O)(=O)CC(F)(F)F)c1. The molecule has 0 saturated heterocycles. The summed E-state index contributed by atoms with van der Waals surface area (Å²) < 4.78 is 75.9. The lowest BCUT2D eigenvalue weighted by Crippen LogP contribution is -2.37. The van der Waals surface area contributed by atoms with Crippen LogP contribution in [0.4, 0.5) is 18.9 Å². The first-order valence-electron chi connectivity index (χ1n) is 9.05. The van der Waals surface area contributed by atoms with Crippen molar-refractivity contribution in [3.63, 3.8) is 0 Å². The average Bonchev–Trinajstić information content (AvgIpc) is 2.71. The summed E-state index contributed by atoms with van der Waals surface area (Å²) in [6, 6.07) is 15.8. The average molecular weight is 452 g/mol. The molecule has 0 bridgehead atoms. The number of methoxy groups -OCH3 is 1. The van der Waals surface area contributed by atoms with E-state index in [-0.39, 0.29) is 18.0 Å². The van der Waals surface area contributed by atoms with Gasteiger partial charge < -0.3 is 9.47 Å². The highest BCUT2D eigenvalue weighted by atomic mass is 32.2. The van der Waals surface area contributed by atoms with Gasteiger partial charge in [0, 0.05) is 18.5 Å². The van der Waals surface area contributed by atoms with Crippen LogP contribution in [0.25, 0.3) is 0 Å². The minimum Gasteiger partial charge on any atom is -0.493 e. The summed E-state index contributed by atoms with van der Waals surface area (Å²) >= 11 is 0. The Kier molecular flexibility index (Phi) is 6.69. The highest BCUT2D eigenvalue weighted by molar-refractivity contribution is 7.92. The molecule has 0 atom stereocenters. The van der Waals surface area contributed by atoms with Gasteiger partial charge in [0.25, 0.3) is 0 Å². The van der Waals surface area contributed by atoms with Gasteiger partial charge in [0.05, 0.1) is 19.3 Å². The van der Waals surface area contributed by atoms with E-state index >= 15 is 0 Å². The van der Waals surface area contributed by atoms with Gasteiger partial charge in [-0.2, -0.15) is 13.2 Å².